The third-order valence-corrected chi connectivity index (χ3v) is 6.72. The normalized spacial score (nSPS) is 15.1. The first-order valence-corrected chi connectivity index (χ1v) is 10.5. The minimum absolute atomic E-state index is 0.0354. The van der Waals surface area contributed by atoms with Crippen LogP contribution in [0.1, 0.15) is 5.56 Å². The maximum absolute atomic E-state index is 12.9. The van der Waals surface area contributed by atoms with Crippen molar-refractivity contribution in [3.63, 3.8) is 0 Å². The number of hydrogen-bond acceptors (Lipinski definition) is 6. The molecule has 154 valence electrons. The lowest BCUT2D eigenvalue weighted by atomic mass is 10.1. The highest BCUT2D eigenvalue weighted by molar-refractivity contribution is 7.89. The van der Waals surface area contributed by atoms with Gasteiger partial charge in [-0.05, 0) is 18.2 Å². The number of hydrogen-bond donors (Lipinski definition) is 1. The van der Waals surface area contributed by atoms with E-state index in [9.17, 15) is 23.3 Å². The Kier molecular flexibility index (Phi) is 6.48. The first-order valence-electron chi connectivity index (χ1n) is 8.68. The first-order chi connectivity index (χ1) is 13.8. The summed E-state index contributed by atoms with van der Waals surface area (Å²) in [6.07, 6.45) is -0.231. The second kappa shape index (κ2) is 8.87. The van der Waals surface area contributed by atoms with Crippen LogP contribution in [0.25, 0.3) is 0 Å². The number of nitro benzene ring substituents is 1. The summed E-state index contributed by atoms with van der Waals surface area (Å²) in [5.74, 6) is -0.517. The van der Waals surface area contributed by atoms with Gasteiger partial charge in [-0.1, -0.05) is 29.8 Å². The predicted molar refractivity (Wildman–Crippen MR) is 106 cm³/mol. The second-order valence-corrected chi connectivity index (χ2v) is 8.59. The van der Waals surface area contributed by atoms with Crippen LogP contribution in [0.5, 0.6) is 0 Å². The zero-order chi connectivity index (χ0) is 21.0. The summed E-state index contributed by atoms with van der Waals surface area (Å²) in [6, 6.07) is 10.1. The lowest BCUT2D eigenvalue weighted by Gasteiger charge is -2.26. The van der Waals surface area contributed by atoms with Gasteiger partial charge in [0.2, 0.25) is 15.9 Å². The van der Waals surface area contributed by atoms with Gasteiger partial charge in [-0.3, -0.25) is 14.9 Å². The van der Waals surface area contributed by atoms with Crippen LogP contribution in [-0.2, 0) is 26.0 Å². The van der Waals surface area contributed by atoms with Crippen LogP contribution in [0, 0.1) is 10.1 Å². The Morgan fingerprint density at radius 3 is 2.59 bits per heavy atom. The fourth-order valence-corrected chi connectivity index (χ4v) is 4.83. The molecule has 0 atom stereocenters. The number of nitrogens with zero attached hydrogens (tertiary/aromatic N) is 2. The molecule has 0 aliphatic carbocycles. The molecule has 1 aliphatic rings. The number of carbonyl (C=O) groups is 1. The summed E-state index contributed by atoms with van der Waals surface area (Å²) in [5.41, 5.74) is 0.323. The lowest BCUT2D eigenvalue weighted by Crippen LogP contribution is -2.40. The predicted octanol–water partition coefficient (Wildman–Crippen LogP) is 2.45. The van der Waals surface area contributed by atoms with E-state index in [2.05, 4.69) is 5.32 Å². The molecule has 2 aromatic rings. The summed E-state index contributed by atoms with van der Waals surface area (Å²) in [7, 11) is -3.85. The molecule has 1 saturated heterocycles. The summed E-state index contributed by atoms with van der Waals surface area (Å²) in [5, 5.41) is 13.7. The molecule has 1 aliphatic heterocycles. The Hall–Kier alpha value is -2.53. The van der Waals surface area contributed by atoms with Crippen molar-refractivity contribution in [3.8, 4) is 0 Å². The summed E-state index contributed by atoms with van der Waals surface area (Å²) in [4.78, 5) is 22.8. The largest absolute Gasteiger partial charge is 0.379 e. The number of nitrogens with one attached hydrogen (secondary N) is 1. The summed E-state index contributed by atoms with van der Waals surface area (Å²) < 4.78 is 32.2. The van der Waals surface area contributed by atoms with Crippen LogP contribution in [0.2, 0.25) is 5.02 Å². The van der Waals surface area contributed by atoms with Crippen LogP contribution in [-0.4, -0.2) is 49.9 Å². The number of benzene rings is 2. The Morgan fingerprint density at radius 1 is 1.21 bits per heavy atom. The molecule has 0 spiro atoms. The number of nitro groups is 1. The maximum atomic E-state index is 12.9. The number of para-hydroxylation sites is 1. The van der Waals surface area contributed by atoms with Gasteiger partial charge in [-0.2, -0.15) is 4.31 Å². The molecule has 0 unspecified atom stereocenters. The third kappa shape index (κ3) is 4.91. The molecule has 29 heavy (non-hydrogen) atoms. The Morgan fingerprint density at radius 2 is 1.90 bits per heavy atom. The van der Waals surface area contributed by atoms with Crippen LogP contribution < -0.4 is 5.32 Å². The maximum Gasteiger partial charge on any atom is 0.273 e. The van der Waals surface area contributed by atoms with E-state index >= 15 is 0 Å². The number of morpholine rings is 1. The number of halogens is 1. The highest BCUT2D eigenvalue weighted by atomic mass is 35.5. The van der Waals surface area contributed by atoms with Crippen molar-refractivity contribution in [1.82, 2.24) is 4.31 Å². The zero-order valence-electron chi connectivity index (χ0n) is 15.2. The van der Waals surface area contributed by atoms with Crippen LogP contribution in [0.15, 0.2) is 47.4 Å². The highest BCUT2D eigenvalue weighted by Gasteiger charge is 2.28. The van der Waals surface area contributed by atoms with Crippen molar-refractivity contribution in [2.75, 3.05) is 31.6 Å². The monoisotopic (exact) mass is 439 g/mol. The highest BCUT2D eigenvalue weighted by Crippen LogP contribution is 2.28. The van der Waals surface area contributed by atoms with Gasteiger partial charge in [0.1, 0.15) is 4.90 Å². The van der Waals surface area contributed by atoms with Gasteiger partial charge in [-0.25, -0.2) is 8.42 Å². The van der Waals surface area contributed by atoms with Crippen molar-refractivity contribution in [3.05, 3.63) is 63.2 Å². The van der Waals surface area contributed by atoms with Crippen LogP contribution >= 0.6 is 11.6 Å². The van der Waals surface area contributed by atoms with Crippen molar-refractivity contribution < 1.29 is 22.9 Å². The summed E-state index contributed by atoms with van der Waals surface area (Å²) in [6.45, 7) is 1.02. The zero-order valence-corrected chi connectivity index (χ0v) is 16.8. The molecular weight excluding hydrogens is 422 g/mol. The molecule has 2 aromatic carbocycles. The van der Waals surface area contributed by atoms with E-state index in [1.165, 1.54) is 40.7 Å². The quantitative estimate of drug-likeness (QED) is 0.545. The number of sulfonamides is 1. The molecule has 3 rings (SSSR count). The molecule has 0 bridgehead atoms. The van der Waals surface area contributed by atoms with E-state index < -0.39 is 20.9 Å². The second-order valence-electron chi connectivity index (χ2n) is 6.27. The van der Waals surface area contributed by atoms with Crippen molar-refractivity contribution in [2.45, 2.75) is 11.3 Å². The average molecular weight is 440 g/mol. The van der Waals surface area contributed by atoms with Crippen molar-refractivity contribution in [2.24, 2.45) is 0 Å². The van der Waals surface area contributed by atoms with E-state index in [0.717, 1.165) is 0 Å². The van der Waals surface area contributed by atoms with Gasteiger partial charge in [0.05, 0.1) is 29.6 Å². The van der Waals surface area contributed by atoms with Crippen LogP contribution in [0.3, 0.4) is 0 Å². The van der Waals surface area contributed by atoms with Crippen LogP contribution in [0.4, 0.5) is 11.4 Å². The van der Waals surface area contributed by atoms with Gasteiger partial charge in [0.25, 0.3) is 5.69 Å². The van der Waals surface area contributed by atoms with Gasteiger partial charge in [0.15, 0.2) is 0 Å². The Balaban J connectivity index is 1.80. The van der Waals surface area contributed by atoms with Crippen molar-refractivity contribution >= 4 is 38.9 Å². The van der Waals surface area contributed by atoms with Gasteiger partial charge >= 0.3 is 0 Å². The standard InChI is InChI=1S/C18H18ClN3O6S/c19-15-6-5-14(12-17(15)29(26,27)21-7-9-28-10-8-21)20-18(23)11-13-3-1-2-4-16(13)22(24)25/h1-6,12H,7-11H2,(H,20,23). The fourth-order valence-electron chi connectivity index (χ4n) is 2.92. The molecular formula is C18H18ClN3O6S. The van der Waals surface area contributed by atoms with E-state index in [-0.39, 0.29) is 46.4 Å². The molecule has 1 fully saturated rings. The van der Waals surface area contributed by atoms with Crippen molar-refractivity contribution in [1.29, 1.82) is 0 Å². The number of amides is 1. The molecule has 1 N–H and O–H groups in total. The minimum atomic E-state index is -3.85. The van der Waals surface area contributed by atoms with Gasteiger partial charge in [-0.15, -0.1) is 0 Å². The molecule has 0 saturated carbocycles. The molecule has 9 nitrogen and oxygen atoms in total. The smallest absolute Gasteiger partial charge is 0.273 e. The molecule has 0 radical (unpaired) electrons. The number of anilines is 1. The molecule has 11 heteroatoms. The Labute approximate surface area is 172 Å². The number of carbonyl (C=O) groups excluding carboxylic acids is 1. The molecule has 1 amide bonds. The van der Waals surface area contributed by atoms with Gasteiger partial charge in [0, 0.05) is 30.4 Å². The van der Waals surface area contributed by atoms with E-state index in [4.69, 9.17) is 16.3 Å². The van der Waals surface area contributed by atoms with E-state index in [0.29, 0.717) is 13.2 Å². The summed E-state index contributed by atoms with van der Waals surface area (Å²) >= 11 is 6.10. The number of rotatable bonds is 6. The fraction of sp³-hybridized carbons (Fsp3) is 0.278. The van der Waals surface area contributed by atoms with Gasteiger partial charge < -0.3 is 10.1 Å². The average Bonchev–Trinajstić information content (AvgIpc) is 2.70. The van der Waals surface area contributed by atoms with E-state index in [1.54, 1.807) is 6.07 Å². The molecule has 0 aromatic heterocycles. The SMILES string of the molecule is O=C(Cc1ccccc1[N+](=O)[O-])Nc1ccc(Cl)c(S(=O)(=O)N2CCOCC2)c1. The number of ether oxygens (including phenoxy) is 1. The Bertz CT molecular complexity index is 1040. The first kappa shape index (κ1) is 21.2. The lowest BCUT2D eigenvalue weighted by molar-refractivity contribution is -0.385. The van der Waals surface area contributed by atoms with E-state index in [1.807, 2.05) is 0 Å². The topological polar surface area (TPSA) is 119 Å². The molecule has 1 heterocycles. The minimum Gasteiger partial charge on any atom is -0.379 e. The third-order valence-electron chi connectivity index (χ3n) is 4.34.